The van der Waals surface area contributed by atoms with Gasteiger partial charge in [-0.2, -0.15) is 0 Å². The van der Waals surface area contributed by atoms with Crippen molar-refractivity contribution in [3.63, 3.8) is 0 Å². The first kappa shape index (κ1) is 67.2. The molecule has 0 atom stereocenters. The number of rotatable bonds is 7. The molecule has 30 rings (SSSR count). The van der Waals surface area contributed by atoms with Gasteiger partial charge in [0.05, 0.1) is 11.4 Å². The Kier molecular flexibility index (Phi) is 13.6. The van der Waals surface area contributed by atoms with Crippen LogP contribution in [0.2, 0.25) is 0 Å². The molecule has 19 aromatic carbocycles. The average Bonchev–Trinajstić information content (AvgIpc) is 1.54. The molecule has 0 saturated carbocycles. The Balaban J connectivity index is 0.0000000950. The molecule has 5 nitrogen and oxygen atoms in total. The number of nitrogens with zero attached hydrogens (tertiary/aromatic N) is 2. The number of hydrogen-bond acceptors (Lipinski definition) is 8. The second kappa shape index (κ2) is 24.7. The summed E-state index contributed by atoms with van der Waals surface area (Å²) in [5.41, 5.74) is 31.7. The van der Waals surface area contributed by atoms with E-state index in [0.717, 1.165) is 73.1 Å². The van der Waals surface area contributed by atoms with Crippen molar-refractivity contribution >= 4 is 220 Å². The zero-order valence-electron chi connectivity index (χ0n) is 65.8. The third kappa shape index (κ3) is 9.27. The molecular weight excluding hydrogens is 1540 g/mol. The fraction of sp³-hybridized carbons (Fsp3) is 0.0263. The van der Waals surface area contributed by atoms with E-state index in [2.05, 4.69) is 358 Å². The second-order valence-electron chi connectivity index (χ2n) is 33.7. The van der Waals surface area contributed by atoms with Gasteiger partial charge in [0.1, 0.15) is 33.5 Å². The van der Waals surface area contributed by atoms with Gasteiger partial charge in [0.25, 0.3) is 0 Å². The fourth-order valence-electron chi connectivity index (χ4n) is 21.7. The van der Waals surface area contributed by atoms with Gasteiger partial charge in [-0.05, 0) is 244 Å². The zero-order chi connectivity index (χ0) is 79.6. The third-order valence-corrected chi connectivity index (χ3v) is 30.2. The molecule has 26 aromatic rings. The van der Waals surface area contributed by atoms with Gasteiger partial charge >= 0.3 is 0 Å². The SMILES string of the molecule is CC1(C)c2cccc3c2-c2c1ccc1c(-c4ccc5c(c4)oc4ccccc45)cc4sc5cccc-3c5c4c21.c1ccc(-c2cccc(-c3cc4c5c(c3)sc3ccc6ccc7oc8cccc-4c8c7c6c35)n2)cc1.c1ccc(N(c2cccc(-c3ccc4sc5ccc6ccc7oc8cccc9c8c7c6c5c4c3-9)c2)c2ccc3ccccc3c2)cc1. The number of anilines is 3. The van der Waals surface area contributed by atoms with E-state index < -0.39 is 0 Å². The van der Waals surface area contributed by atoms with Crippen LogP contribution in [-0.2, 0) is 5.41 Å². The lowest BCUT2D eigenvalue weighted by Crippen LogP contribution is -2.14. The first-order chi connectivity index (χ1) is 60.2. The van der Waals surface area contributed by atoms with E-state index in [0.29, 0.717) is 0 Å². The number of thiophene rings is 3. The molecule has 0 spiro atoms. The zero-order valence-corrected chi connectivity index (χ0v) is 68.3. The molecule has 0 aliphatic heterocycles. The maximum absolute atomic E-state index is 6.51. The normalized spacial score (nSPS) is 13.1. The summed E-state index contributed by atoms with van der Waals surface area (Å²) in [5.74, 6) is 0. The molecule has 8 heteroatoms. The molecule has 0 amide bonds. The van der Waals surface area contributed by atoms with Gasteiger partial charge in [0, 0.05) is 137 Å². The molecule has 0 radical (unpaired) electrons. The molecule has 0 fully saturated rings. The number of hydrogen-bond donors (Lipinski definition) is 0. The number of para-hydroxylation sites is 2. The fourth-order valence-corrected chi connectivity index (χ4v) is 25.2. The van der Waals surface area contributed by atoms with Gasteiger partial charge in [-0.15, -0.1) is 34.0 Å². The van der Waals surface area contributed by atoms with Gasteiger partial charge < -0.3 is 18.2 Å². The summed E-state index contributed by atoms with van der Waals surface area (Å²) in [7, 11) is 0. The van der Waals surface area contributed by atoms with Crippen LogP contribution in [0, 0.1) is 0 Å². The maximum Gasteiger partial charge on any atom is 0.136 e. The van der Waals surface area contributed by atoms with E-state index in [1.807, 2.05) is 46.1 Å². The highest BCUT2D eigenvalue weighted by molar-refractivity contribution is 7.27. The predicted molar refractivity (Wildman–Crippen MR) is 519 cm³/mol. The Labute approximate surface area is 709 Å². The third-order valence-electron chi connectivity index (χ3n) is 26.9. The van der Waals surface area contributed by atoms with E-state index >= 15 is 0 Å². The van der Waals surface area contributed by atoms with Crippen molar-refractivity contribution in [2.45, 2.75) is 19.3 Å². The smallest absolute Gasteiger partial charge is 0.136 e. The van der Waals surface area contributed by atoms with Crippen LogP contribution in [0.5, 0.6) is 0 Å². The number of benzene rings is 19. The molecule has 0 unspecified atom stereocenters. The molecular formula is C114H64N2O3S3. The first-order valence-electron chi connectivity index (χ1n) is 41.8. The lowest BCUT2D eigenvalue weighted by Gasteiger charge is -2.26. The van der Waals surface area contributed by atoms with Gasteiger partial charge in [0.15, 0.2) is 0 Å². The molecule has 4 aliphatic carbocycles. The number of furan rings is 3. The predicted octanol–water partition coefficient (Wildman–Crippen LogP) is 34.3. The van der Waals surface area contributed by atoms with Crippen LogP contribution >= 0.6 is 34.0 Å². The minimum Gasteiger partial charge on any atom is -0.456 e. The molecule has 0 N–H and O–H groups in total. The summed E-state index contributed by atoms with van der Waals surface area (Å²) in [6, 6.07) is 128. The summed E-state index contributed by atoms with van der Waals surface area (Å²) in [5, 5.41) is 25.9. The molecule has 7 aromatic heterocycles. The molecule has 0 bridgehead atoms. The highest BCUT2D eigenvalue weighted by Gasteiger charge is 2.41. The van der Waals surface area contributed by atoms with Gasteiger partial charge in [-0.25, -0.2) is 4.98 Å². The minimum absolute atomic E-state index is 0.0359. The summed E-state index contributed by atoms with van der Waals surface area (Å²) in [4.78, 5) is 7.45. The Hall–Kier alpha value is -14.8. The average molecular weight is 1610 g/mol. The lowest BCUT2D eigenvalue weighted by atomic mass is 9.80. The van der Waals surface area contributed by atoms with Crippen LogP contribution in [0.15, 0.2) is 365 Å². The van der Waals surface area contributed by atoms with Crippen LogP contribution in [-0.4, -0.2) is 4.98 Å². The van der Waals surface area contributed by atoms with Crippen LogP contribution in [0.25, 0.3) is 259 Å². The number of fused-ring (bicyclic) bond motifs is 7. The largest absolute Gasteiger partial charge is 0.456 e. The summed E-state index contributed by atoms with van der Waals surface area (Å²) in [6.45, 7) is 4.78. The van der Waals surface area contributed by atoms with Gasteiger partial charge in [0.2, 0.25) is 0 Å². The second-order valence-corrected chi connectivity index (χ2v) is 36.9. The molecule has 122 heavy (non-hydrogen) atoms. The Bertz CT molecular complexity index is 9200. The van der Waals surface area contributed by atoms with Crippen LogP contribution in [0.3, 0.4) is 0 Å². The first-order valence-corrected chi connectivity index (χ1v) is 44.2. The van der Waals surface area contributed by atoms with Gasteiger partial charge in [-0.3, -0.25) is 0 Å². The van der Waals surface area contributed by atoms with Crippen molar-refractivity contribution in [1.82, 2.24) is 4.98 Å². The Morgan fingerprint density at radius 1 is 0.230 bits per heavy atom. The van der Waals surface area contributed by atoms with E-state index in [4.69, 9.17) is 18.2 Å². The van der Waals surface area contributed by atoms with Crippen molar-refractivity contribution in [3.8, 4) is 89.3 Å². The highest BCUT2D eigenvalue weighted by Crippen LogP contribution is 2.62. The topological polar surface area (TPSA) is 55.6 Å². The van der Waals surface area contributed by atoms with E-state index in [9.17, 15) is 0 Å². The van der Waals surface area contributed by atoms with E-state index in [1.54, 1.807) is 0 Å². The maximum atomic E-state index is 6.51. The summed E-state index contributed by atoms with van der Waals surface area (Å²) in [6.07, 6.45) is 0. The molecule has 566 valence electrons. The van der Waals surface area contributed by atoms with Gasteiger partial charge in [-0.1, -0.05) is 232 Å². The summed E-state index contributed by atoms with van der Waals surface area (Å²) < 4.78 is 27.2. The quantitative estimate of drug-likeness (QED) is 0.159. The van der Waals surface area contributed by atoms with Crippen molar-refractivity contribution in [2.75, 3.05) is 4.90 Å². The van der Waals surface area contributed by atoms with Crippen molar-refractivity contribution in [1.29, 1.82) is 0 Å². The molecule has 0 saturated heterocycles. The summed E-state index contributed by atoms with van der Waals surface area (Å²) >= 11 is 5.68. The molecule has 4 aliphatic rings. The van der Waals surface area contributed by atoms with Crippen molar-refractivity contribution < 1.29 is 13.3 Å². The monoisotopic (exact) mass is 1600 g/mol. The van der Waals surface area contributed by atoms with Crippen LogP contribution in [0.4, 0.5) is 17.1 Å². The lowest BCUT2D eigenvalue weighted by molar-refractivity contribution is 0.661. The number of aromatic nitrogens is 1. The van der Waals surface area contributed by atoms with Crippen molar-refractivity contribution in [3.05, 3.63) is 363 Å². The van der Waals surface area contributed by atoms with E-state index in [-0.39, 0.29) is 5.41 Å². The minimum atomic E-state index is -0.0359. The van der Waals surface area contributed by atoms with Crippen LogP contribution < -0.4 is 4.90 Å². The van der Waals surface area contributed by atoms with E-state index in [1.165, 1.54) is 214 Å². The van der Waals surface area contributed by atoms with Crippen molar-refractivity contribution in [2.24, 2.45) is 0 Å². The Morgan fingerprint density at radius 2 is 0.754 bits per heavy atom. The standard InChI is InChI=1S/C44H25NOS.C37H22OS.C33H17NOS/c1-2-11-30(12-3-1)45(32-19-16-26-8-4-5-9-28(26)24-32)31-13-6-10-29(25-31)33-20-23-38-44-40(33)34-14-7-15-35-41(34)42-36(46-35)21-17-27-18-22-37(47-38)43(44)39(27)42;1-37(2)26-10-5-8-22-23-9-6-12-30-33(23)36-31(39-30)18-25(24-15-16-27(37)35(32(22)26)34(24)36)19-13-14-21-20-7-3-4-11-28(20)38-29(21)17-19;1-2-6-18(7-3-1)23-9-5-10-24(34-23)20-16-22-21-8-4-11-25-30(21)32-26(35-25)14-12-19-13-15-27-33(29(19)32)31(22)28(17-20)36-27/h1-25H;3-18H,1-2H3;1-17H. The molecule has 7 heterocycles. The highest BCUT2D eigenvalue weighted by atomic mass is 32.1. The Morgan fingerprint density at radius 3 is 1.56 bits per heavy atom. The van der Waals surface area contributed by atoms with Crippen LogP contribution in [0.1, 0.15) is 25.0 Å². The number of pyridine rings is 1.